The normalized spacial score (nSPS) is 27.3. The molecule has 0 saturated heterocycles. The van der Waals surface area contributed by atoms with Crippen molar-refractivity contribution in [3.8, 4) is 0 Å². The van der Waals surface area contributed by atoms with Crippen LogP contribution >= 0.6 is 0 Å². The summed E-state index contributed by atoms with van der Waals surface area (Å²) >= 11 is 0. The Morgan fingerprint density at radius 3 is 2.28 bits per heavy atom. The third-order valence-electron chi connectivity index (χ3n) is 5.83. The van der Waals surface area contributed by atoms with Crippen molar-refractivity contribution in [1.29, 1.82) is 0 Å². The highest BCUT2D eigenvalue weighted by Gasteiger charge is 2.50. The number of benzene rings is 1. The van der Waals surface area contributed by atoms with E-state index >= 15 is 0 Å². The molecule has 2 bridgehead atoms. The lowest BCUT2D eigenvalue weighted by Gasteiger charge is -2.28. The molecule has 0 unspecified atom stereocenters. The first kappa shape index (κ1) is 17.4. The summed E-state index contributed by atoms with van der Waals surface area (Å²) in [6.07, 6.45) is 1.96. The molecule has 4 atom stereocenters. The second-order valence-electron chi connectivity index (χ2n) is 6.83. The zero-order chi connectivity index (χ0) is 18.1. The van der Waals surface area contributed by atoms with Crippen LogP contribution in [0, 0.1) is 23.7 Å². The molecule has 1 aromatic rings. The molecule has 0 aromatic heterocycles. The number of allylic oxidation sites excluding steroid dienone is 2. The Bertz CT molecular complexity index is 746. The number of aldehydes is 1. The number of hydrogen-bond acceptors (Lipinski definition) is 5. The van der Waals surface area contributed by atoms with Crippen LogP contribution in [0.1, 0.15) is 41.0 Å². The Morgan fingerprint density at radius 1 is 1.08 bits per heavy atom. The number of methoxy groups -OCH3 is 1. The van der Waals surface area contributed by atoms with Gasteiger partial charge in [0, 0.05) is 11.8 Å². The van der Waals surface area contributed by atoms with Crippen molar-refractivity contribution in [3.63, 3.8) is 0 Å². The zero-order valence-corrected chi connectivity index (χ0v) is 14.7. The number of ether oxygens (including phenoxy) is 2. The molecule has 0 N–H and O–H groups in total. The molecule has 1 aromatic carbocycles. The first-order valence-electron chi connectivity index (χ1n) is 8.46. The van der Waals surface area contributed by atoms with Crippen molar-refractivity contribution >= 4 is 18.2 Å². The van der Waals surface area contributed by atoms with Gasteiger partial charge in [0.15, 0.2) is 0 Å². The Hall–Kier alpha value is -2.43. The van der Waals surface area contributed by atoms with E-state index in [2.05, 4.69) is 13.8 Å². The highest BCUT2D eigenvalue weighted by atomic mass is 16.5. The van der Waals surface area contributed by atoms with Crippen molar-refractivity contribution in [3.05, 3.63) is 46.5 Å². The van der Waals surface area contributed by atoms with Gasteiger partial charge in [-0.1, -0.05) is 23.3 Å². The molecule has 2 aliphatic rings. The molecule has 2 aliphatic carbocycles. The van der Waals surface area contributed by atoms with Gasteiger partial charge in [0.1, 0.15) is 6.29 Å². The van der Waals surface area contributed by atoms with Gasteiger partial charge in [-0.25, -0.2) is 9.59 Å². The van der Waals surface area contributed by atoms with E-state index in [0.717, 1.165) is 12.7 Å². The number of carbonyl (C=O) groups excluding carboxylic acids is 3. The highest BCUT2D eigenvalue weighted by molar-refractivity contribution is 6.03. The van der Waals surface area contributed by atoms with Crippen LogP contribution in [0.15, 0.2) is 35.4 Å². The molecule has 0 radical (unpaired) electrons. The predicted molar refractivity (Wildman–Crippen MR) is 91.1 cm³/mol. The van der Waals surface area contributed by atoms with Gasteiger partial charge in [-0.2, -0.15) is 0 Å². The minimum atomic E-state index is -0.576. The smallest absolute Gasteiger partial charge is 0.339 e. The van der Waals surface area contributed by atoms with Crippen molar-refractivity contribution in [1.82, 2.24) is 0 Å². The summed E-state index contributed by atoms with van der Waals surface area (Å²) in [5.41, 5.74) is 2.99. The van der Waals surface area contributed by atoms with Crippen molar-refractivity contribution in [2.24, 2.45) is 23.7 Å². The summed E-state index contributed by atoms with van der Waals surface area (Å²) in [6.45, 7) is 4.37. The van der Waals surface area contributed by atoms with Gasteiger partial charge in [-0.05, 0) is 44.2 Å². The fourth-order valence-corrected chi connectivity index (χ4v) is 4.34. The molecule has 5 heteroatoms. The number of fused-ring (bicyclic) bond motifs is 2. The fraction of sp³-hybridized carbons (Fsp3) is 0.450. The van der Waals surface area contributed by atoms with Gasteiger partial charge >= 0.3 is 11.9 Å². The zero-order valence-electron chi connectivity index (χ0n) is 14.7. The summed E-state index contributed by atoms with van der Waals surface area (Å²) in [7, 11) is 1.27. The summed E-state index contributed by atoms with van der Waals surface area (Å²) in [5, 5.41) is 0. The molecule has 0 amide bonds. The fourth-order valence-electron chi connectivity index (χ4n) is 4.34. The van der Waals surface area contributed by atoms with Crippen LogP contribution in [-0.2, 0) is 14.3 Å². The van der Waals surface area contributed by atoms with E-state index in [-0.39, 0.29) is 35.5 Å². The molecule has 1 saturated carbocycles. The van der Waals surface area contributed by atoms with Gasteiger partial charge in [-0.15, -0.1) is 0 Å². The SMILES string of the molecule is COC(=O)c1ccccc1C(=O)OC[C@@H]1[C@@H](C=O)[C@H]2C[C@@H]1C(C)=C2C. The number of esters is 2. The van der Waals surface area contributed by atoms with E-state index in [0.29, 0.717) is 5.92 Å². The van der Waals surface area contributed by atoms with Crippen molar-refractivity contribution < 1.29 is 23.9 Å². The van der Waals surface area contributed by atoms with Crippen molar-refractivity contribution in [2.45, 2.75) is 20.3 Å². The van der Waals surface area contributed by atoms with Gasteiger partial charge in [-0.3, -0.25) is 0 Å². The second-order valence-corrected chi connectivity index (χ2v) is 6.83. The first-order chi connectivity index (χ1) is 12.0. The van der Waals surface area contributed by atoms with Crippen LogP contribution in [0.3, 0.4) is 0 Å². The van der Waals surface area contributed by atoms with Crippen LogP contribution < -0.4 is 0 Å². The third-order valence-corrected chi connectivity index (χ3v) is 5.83. The highest BCUT2D eigenvalue weighted by Crippen LogP contribution is 2.54. The Morgan fingerprint density at radius 2 is 1.68 bits per heavy atom. The number of carbonyl (C=O) groups is 3. The van der Waals surface area contributed by atoms with Gasteiger partial charge in [0.05, 0.1) is 24.8 Å². The maximum absolute atomic E-state index is 12.5. The third kappa shape index (κ3) is 2.88. The first-order valence-corrected chi connectivity index (χ1v) is 8.46. The lowest BCUT2D eigenvalue weighted by Crippen LogP contribution is -2.29. The van der Waals surface area contributed by atoms with Crippen LogP contribution in [0.2, 0.25) is 0 Å². The van der Waals surface area contributed by atoms with E-state index in [4.69, 9.17) is 9.47 Å². The predicted octanol–water partition coefficient (Wildman–Crippen LogP) is 3.05. The Kier molecular flexibility index (Phi) is 4.75. The van der Waals surface area contributed by atoms with E-state index in [9.17, 15) is 14.4 Å². The summed E-state index contributed by atoms with van der Waals surface area (Å²) in [4.78, 5) is 35.8. The standard InChI is InChI=1S/C20H22O5/c1-11-12(2)16-8-15(11)17(9-21)18(16)10-25-20(23)14-7-5-4-6-13(14)19(22)24-3/h4-7,9,15-18H,8,10H2,1-3H3/t15-,16+,17-,18-/m0/s1. The largest absolute Gasteiger partial charge is 0.465 e. The van der Waals surface area contributed by atoms with Gasteiger partial charge < -0.3 is 14.3 Å². The summed E-state index contributed by atoms with van der Waals surface area (Å²) in [6, 6.07) is 6.41. The number of hydrogen-bond donors (Lipinski definition) is 0. The monoisotopic (exact) mass is 342 g/mol. The summed E-state index contributed by atoms with van der Waals surface area (Å²) < 4.78 is 10.2. The van der Waals surface area contributed by atoms with E-state index in [1.54, 1.807) is 18.2 Å². The molecule has 25 heavy (non-hydrogen) atoms. The molecule has 1 fully saturated rings. The average molecular weight is 342 g/mol. The van der Waals surface area contributed by atoms with Crippen LogP contribution in [-0.4, -0.2) is 31.9 Å². The lowest BCUT2D eigenvalue weighted by molar-refractivity contribution is -0.113. The minimum absolute atomic E-state index is 0.0143. The van der Waals surface area contributed by atoms with Gasteiger partial charge in [0.25, 0.3) is 0 Å². The van der Waals surface area contributed by atoms with E-state index in [1.807, 2.05) is 0 Å². The molecular formula is C20H22O5. The quantitative estimate of drug-likeness (QED) is 0.467. The summed E-state index contributed by atoms with van der Waals surface area (Å²) in [5.74, 6) is -0.658. The second kappa shape index (κ2) is 6.82. The van der Waals surface area contributed by atoms with Crippen LogP contribution in [0.4, 0.5) is 0 Å². The average Bonchev–Trinajstić information content (AvgIpc) is 3.14. The van der Waals surface area contributed by atoms with Crippen LogP contribution in [0.5, 0.6) is 0 Å². The molecule has 3 rings (SSSR count). The number of rotatable bonds is 5. The van der Waals surface area contributed by atoms with Crippen molar-refractivity contribution in [2.75, 3.05) is 13.7 Å². The Labute approximate surface area is 147 Å². The maximum Gasteiger partial charge on any atom is 0.339 e. The maximum atomic E-state index is 12.5. The molecule has 5 nitrogen and oxygen atoms in total. The van der Waals surface area contributed by atoms with Gasteiger partial charge in [0.2, 0.25) is 0 Å². The van der Waals surface area contributed by atoms with E-state index in [1.165, 1.54) is 24.3 Å². The topological polar surface area (TPSA) is 69.7 Å². The lowest BCUT2D eigenvalue weighted by atomic mass is 9.78. The molecule has 0 heterocycles. The Balaban J connectivity index is 1.74. The van der Waals surface area contributed by atoms with E-state index < -0.39 is 11.9 Å². The molecular weight excluding hydrogens is 320 g/mol. The minimum Gasteiger partial charge on any atom is -0.465 e. The molecule has 132 valence electrons. The van der Waals surface area contributed by atoms with Crippen LogP contribution in [0.25, 0.3) is 0 Å². The molecule has 0 aliphatic heterocycles. The molecule has 0 spiro atoms.